The Hall–Kier alpha value is -1.54. The quantitative estimate of drug-likeness (QED) is 0.110. The predicted octanol–water partition coefficient (Wildman–Crippen LogP) is 18.6. The molecule has 5 heteroatoms. The van der Waals surface area contributed by atoms with Crippen molar-refractivity contribution >= 4 is 46.0 Å². The maximum atomic E-state index is 4.81. The zero-order valence-electron chi connectivity index (χ0n) is 36.0. The fourth-order valence-electron chi connectivity index (χ4n) is 11.0. The van der Waals surface area contributed by atoms with Crippen molar-refractivity contribution in [2.45, 2.75) is 165 Å². The molecule has 4 aliphatic rings. The second kappa shape index (κ2) is 26.2. The Balaban J connectivity index is 0.000000186. The molecule has 8 rings (SSSR count). The Morgan fingerprint density at radius 2 is 0.542 bits per heavy atom. The second-order valence-electron chi connectivity index (χ2n) is 17.4. The van der Waals surface area contributed by atoms with Gasteiger partial charge in [0, 0.05) is 0 Å². The van der Waals surface area contributed by atoms with Gasteiger partial charge in [-0.3, -0.25) is 0 Å². The molecule has 0 spiro atoms. The Kier molecular flexibility index (Phi) is 20.8. The van der Waals surface area contributed by atoms with Crippen LogP contribution in [0.25, 0.3) is 11.1 Å². The summed E-state index contributed by atoms with van der Waals surface area (Å²) >= 11 is -0.106. The van der Waals surface area contributed by atoms with E-state index in [0.717, 1.165) is 22.6 Å². The van der Waals surface area contributed by atoms with Crippen LogP contribution in [0.4, 0.5) is 0 Å². The van der Waals surface area contributed by atoms with Gasteiger partial charge >= 0.3 is 35.0 Å². The van der Waals surface area contributed by atoms with E-state index < -0.39 is 0 Å². The van der Waals surface area contributed by atoms with Gasteiger partial charge in [-0.05, 0) is 132 Å². The molecule has 0 heterocycles. The molecule has 0 aromatic heterocycles. The van der Waals surface area contributed by atoms with Crippen LogP contribution in [0.1, 0.15) is 165 Å². The van der Waals surface area contributed by atoms with Crippen molar-refractivity contribution < 1.29 is 15.9 Å². The van der Waals surface area contributed by atoms with Crippen LogP contribution in [0.3, 0.4) is 0 Å². The van der Waals surface area contributed by atoms with Gasteiger partial charge in [0.1, 0.15) is 0 Å². The monoisotopic (exact) mass is 956 g/mol. The van der Waals surface area contributed by atoms with Gasteiger partial charge in [-0.15, -0.1) is 0 Å². The maximum absolute atomic E-state index is 4.81. The normalized spacial score (nSPS) is 18.3. The molecule has 0 atom stereocenters. The van der Waals surface area contributed by atoms with Crippen LogP contribution in [0.2, 0.25) is 0 Å². The second-order valence-corrected chi connectivity index (χ2v) is 25.7. The van der Waals surface area contributed by atoms with Crippen LogP contribution in [-0.2, 0) is 15.9 Å². The van der Waals surface area contributed by atoms with Crippen molar-refractivity contribution in [3.05, 3.63) is 154 Å². The fraction of sp³-hybridized carbons (Fsp3) is 0.481. The van der Waals surface area contributed by atoms with E-state index in [1.807, 2.05) is 0 Å². The summed E-state index contributed by atoms with van der Waals surface area (Å²) < 4.78 is 0. The van der Waals surface area contributed by atoms with E-state index in [4.69, 9.17) is 19.1 Å². The van der Waals surface area contributed by atoms with E-state index >= 15 is 0 Å². The third-order valence-electron chi connectivity index (χ3n) is 13.6. The van der Waals surface area contributed by atoms with Gasteiger partial charge in [0.15, 0.2) is 0 Å². The van der Waals surface area contributed by atoms with Gasteiger partial charge in [-0.2, -0.15) is 0 Å². The van der Waals surface area contributed by atoms with E-state index in [1.54, 1.807) is 10.6 Å². The van der Waals surface area contributed by atoms with Crippen molar-refractivity contribution in [1.29, 1.82) is 0 Å². The molecule has 59 heavy (non-hydrogen) atoms. The van der Waals surface area contributed by atoms with Gasteiger partial charge in [-0.1, -0.05) is 214 Å². The van der Waals surface area contributed by atoms with Crippen molar-refractivity contribution in [2.75, 3.05) is 0 Å². The standard InChI is InChI=1S/2C27H35P.2ClH.Pd/c2*1-22(27(23-14-6-2-7-15-23)24-16-8-3-9-17-24)28(25-18-10-4-11-19-25)26-20-12-5-13-21-26;;;/h2*2-3,6-9,14-17,25-26H,4-5,10-13,18-21H2,1H3;2*1H;/q;;;;+2/p-2. The van der Waals surface area contributed by atoms with Gasteiger partial charge in [0.25, 0.3) is 0 Å². The first-order valence-electron chi connectivity index (χ1n) is 23.1. The first-order chi connectivity index (χ1) is 29.1. The minimum atomic E-state index is -0.106. The third-order valence-corrected chi connectivity index (χ3v) is 20.8. The fourth-order valence-corrected chi connectivity index (χ4v) is 19.1. The molecule has 320 valence electrons. The molecule has 0 aliphatic heterocycles. The van der Waals surface area contributed by atoms with Crippen molar-refractivity contribution in [3.63, 3.8) is 0 Å². The van der Waals surface area contributed by atoms with Crippen LogP contribution in [0.5, 0.6) is 0 Å². The summed E-state index contributed by atoms with van der Waals surface area (Å²) in [6, 6.07) is 44.8. The van der Waals surface area contributed by atoms with Crippen LogP contribution >= 0.6 is 34.9 Å². The predicted molar refractivity (Wildman–Crippen MR) is 262 cm³/mol. The summed E-state index contributed by atoms with van der Waals surface area (Å²) in [5.74, 6) is 0. The van der Waals surface area contributed by atoms with E-state index in [2.05, 4.69) is 135 Å². The molecule has 0 saturated heterocycles. The molecule has 0 bridgehead atoms. The topological polar surface area (TPSA) is 0 Å². The molecule has 0 amide bonds. The zero-order valence-corrected chi connectivity index (χ0v) is 40.8. The summed E-state index contributed by atoms with van der Waals surface area (Å²) in [5.41, 5.74) is 12.5. The van der Waals surface area contributed by atoms with Gasteiger partial charge in [0.05, 0.1) is 0 Å². The Bertz CT molecular complexity index is 1550. The summed E-state index contributed by atoms with van der Waals surface area (Å²) in [7, 11) is 9.50. The van der Waals surface area contributed by atoms with Crippen LogP contribution in [0, 0.1) is 0 Å². The summed E-state index contributed by atoms with van der Waals surface area (Å²) in [6.07, 6.45) is 29.2. The zero-order chi connectivity index (χ0) is 41.1. The average Bonchev–Trinajstić information content (AvgIpc) is 3.30. The SMILES string of the molecule is CC(=C(c1ccccc1)c1ccccc1)P(C1CCCCC1)C1CCCCC1.CC(=C(c1ccccc1)c1ccccc1)P(C1CCCCC1)C1CCCCC1.[Cl][Pd][Cl]. The molecule has 0 unspecified atom stereocenters. The van der Waals surface area contributed by atoms with Crippen molar-refractivity contribution in [2.24, 2.45) is 0 Å². The van der Waals surface area contributed by atoms with Gasteiger partial charge < -0.3 is 0 Å². The molecule has 4 fully saturated rings. The van der Waals surface area contributed by atoms with Gasteiger partial charge in [-0.25, -0.2) is 0 Å². The Morgan fingerprint density at radius 3 is 0.729 bits per heavy atom. The van der Waals surface area contributed by atoms with Crippen molar-refractivity contribution in [1.82, 2.24) is 0 Å². The van der Waals surface area contributed by atoms with Crippen LogP contribution in [0.15, 0.2) is 132 Å². The van der Waals surface area contributed by atoms with E-state index in [0.29, 0.717) is 0 Å². The van der Waals surface area contributed by atoms with E-state index in [-0.39, 0.29) is 31.8 Å². The Morgan fingerprint density at radius 1 is 0.356 bits per heavy atom. The van der Waals surface area contributed by atoms with E-state index in [9.17, 15) is 0 Å². The number of rotatable bonds is 10. The molecule has 4 aromatic carbocycles. The number of benzene rings is 4. The van der Waals surface area contributed by atoms with Crippen LogP contribution in [-0.4, -0.2) is 22.6 Å². The minimum absolute atomic E-state index is 0.0652. The third kappa shape index (κ3) is 13.7. The summed E-state index contributed by atoms with van der Waals surface area (Å²) in [6.45, 7) is 5.01. The molecular formula is C54H70Cl2P2Pd. The molecule has 4 aliphatic carbocycles. The van der Waals surface area contributed by atoms with Crippen molar-refractivity contribution in [3.8, 4) is 0 Å². The molecule has 0 N–H and O–H groups in total. The number of allylic oxidation sites excluding steroid dienone is 2. The average molecular weight is 958 g/mol. The first kappa shape index (κ1) is 47.0. The van der Waals surface area contributed by atoms with E-state index in [1.165, 1.54) is 162 Å². The van der Waals surface area contributed by atoms with Crippen LogP contribution < -0.4 is 0 Å². The number of halogens is 2. The van der Waals surface area contributed by atoms with Gasteiger partial charge in [0.2, 0.25) is 0 Å². The molecular weight excluding hydrogens is 888 g/mol. The molecule has 4 saturated carbocycles. The molecule has 0 radical (unpaired) electrons. The summed E-state index contributed by atoms with van der Waals surface area (Å²) in [4.78, 5) is 0. The number of hydrogen-bond acceptors (Lipinski definition) is 0. The summed E-state index contributed by atoms with van der Waals surface area (Å²) in [5, 5.41) is 3.46. The Labute approximate surface area is 378 Å². The number of hydrogen-bond donors (Lipinski definition) is 0. The first-order valence-corrected chi connectivity index (χ1v) is 30.1. The molecule has 0 nitrogen and oxygen atoms in total. The molecule has 4 aromatic rings.